The van der Waals surface area contributed by atoms with Crippen LogP contribution in [0.4, 0.5) is 0 Å². The van der Waals surface area contributed by atoms with Crippen molar-refractivity contribution >= 4 is 47.2 Å². The van der Waals surface area contributed by atoms with Gasteiger partial charge in [-0.2, -0.15) is 0 Å². The highest BCUT2D eigenvalue weighted by atomic mass is 127. The molecular weight excluding hydrogens is 513 g/mol. The van der Waals surface area contributed by atoms with Gasteiger partial charge in [-0.3, -0.25) is 4.79 Å². The maximum atomic E-state index is 11.9. The van der Waals surface area contributed by atoms with E-state index in [2.05, 4.69) is 25.9 Å². The van der Waals surface area contributed by atoms with Crippen LogP contribution in [0.25, 0.3) is 0 Å². The third-order valence-electron chi connectivity index (χ3n) is 4.33. The third-order valence-corrected chi connectivity index (χ3v) is 5.39. The Kier molecular flexibility index (Phi) is 11.9. The van der Waals surface area contributed by atoms with Gasteiger partial charge in [-0.15, -0.1) is 35.3 Å². The molecule has 1 heterocycles. The number of carbonyl (C=O) groups is 1. The molecule has 1 amide bonds. The molecule has 0 aliphatic carbocycles. The number of aliphatic imine (C=N–C) groups is 1. The van der Waals surface area contributed by atoms with E-state index in [0.717, 1.165) is 28.8 Å². The zero-order valence-corrected chi connectivity index (χ0v) is 21.4. The Hall–Kier alpha value is -1.72. The number of halogens is 1. The summed E-state index contributed by atoms with van der Waals surface area (Å²) >= 11 is 1.61. The number of nitrogens with one attached hydrogen (secondary N) is 2. The summed E-state index contributed by atoms with van der Waals surface area (Å²) in [4.78, 5) is 23.3. The molecule has 1 aromatic carbocycles. The topological polar surface area (TPSA) is 78.9 Å². The van der Waals surface area contributed by atoms with Gasteiger partial charge in [-0.1, -0.05) is 12.1 Å². The lowest BCUT2D eigenvalue weighted by atomic mass is 10.1. The van der Waals surface area contributed by atoms with E-state index in [1.807, 2.05) is 52.1 Å². The van der Waals surface area contributed by atoms with Crippen LogP contribution in [0.2, 0.25) is 0 Å². The number of methoxy groups -OCH3 is 1. The van der Waals surface area contributed by atoms with Gasteiger partial charge >= 0.3 is 0 Å². The molecule has 0 aliphatic heterocycles. The zero-order chi connectivity index (χ0) is 21.2. The Balaban J connectivity index is 0.00000450. The maximum absolute atomic E-state index is 11.9. The fraction of sp³-hybridized carbons (Fsp3) is 0.476. The van der Waals surface area contributed by atoms with Crippen molar-refractivity contribution in [2.45, 2.75) is 40.0 Å². The highest BCUT2D eigenvalue weighted by Crippen LogP contribution is 2.21. The van der Waals surface area contributed by atoms with Gasteiger partial charge < -0.3 is 20.3 Å². The summed E-state index contributed by atoms with van der Waals surface area (Å²) in [5.74, 6) is 0.760. The standard InChI is InChI=1S/C21H31N5O2S.HI/c1-6-22-19(27)17-10-8-16(9-11-17)12-24-21(23-7-2)26(4)13-18-14-29-20(25-18)15(3)28-5;/h8-11,14-15H,6-7,12-13H2,1-5H3,(H,22,27)(H,23,24);1H. The molecule has 2 aromatic rings. The normalized spacial score (nSPS) is 12.1. The quantitative estimate of drug-likeness (QED) is 0.285. The molecule has 0 saturated carbocycles. The van der Waals surface area contributed by atoms with Gasteiger partial charge in [-0.05, 0) is 38.5 Å². The number of ether oxygens (including phenoxy) is 1. The second-order valence-electron chi connectivity index (χ2n) is 6.64. The molecule has 166 valence electrons. The van der Waals surface area contributed by atoms with Gasteiger partial charge in [0, 0.05) is 38.2 Å². The molecule has 0 aliphatic rings. The molecule has 0 bridgehead atoms. The van der Waals surface area contributed by atoms with E-state index in [0.29, 0.717) is 25.2 Å². The SMILES string of the molecule is CCNC(=O)c1ccc(CN=C(NCC)N(C)Cc2csc(C(C)OC)n2)cc1.I. The minimum absolute atomic E-state index is 0. The van der Waals surface area contributed by atoms with Crippen molar-refractivity contribution < 1.29 is 9.53 Å². The molecule has 7 nitrogen and oxygen atoms in total. The summed E-state index contributed by atoms with van der Waals surface area (Å²) < 4.78 is 5.34. The number of thiazole rings is 1. The first-order chi connectivity index (χ1) is 14.0. The van der Waals surface area contributed by atoms with Crippen LogP contribution in [0.3, 0.4) is 0 Å². The molecule has 9 heteroatoms. The van der Waals surface area contributed by atoms with Crippen molar-refractivity contribution in [2.24, 2.45) is 4.99 Å². The van der Waals surface area contributed by atoms with Crippen molar-refractivity contribution in [3.8, 4) is 0 Å². The molecule has 2 rings (SSSR count). The van der Waals surface area contributed by atoms with E-state index in [1.54, 1.807) is 18.4 Å². The Morgan fingerprint density at radius 2 is 1.90 bits per heavy atom. The third kappa shape index (κ3) is 7.84. The van der Waals surface area contributed by atoms with E-state index >= 15 is 0 Å². The number of amides is 1. The smallest absolute Gasteiger partial charge is 0.251 e. The van der Waals surface area contributed by atoms with Crippen LogP contribution >= 0.6 is 35.3 Å². The lowest BCUT2D eigenvalue weighted by Gasteiger charge is -2.21. The largest absolute Gasteiger partial charge is 0.375 e. The fourth-order valence-electron chi connectivity index (χ4n) is 2.66. The molecule has 1 atom stereocenters. The van der Waals surface area contributed by atoms with Crippen LogP contribution in [0.1, 0.15) is 53.5 Å². The monoisotopic (exact) mass is 545 g/mol. The van der Waals surface area contributed by atoms with Gasteiger partial charge in [0.05, 0.1) is 18.8 Å². The molecule has 0 radical (unpaired) electrons. The first-order valence-electron chi connectivity index (χ1n) is 9.82. The Morgan fingerprint density at radius 1 is 1.23 bits per heavy atom. The second kappa shape index (κ2) is 13.6. The predicted molar refractivity (Wildman–Crippen MR) is 134 cm³/mol. The minimum atomic E-state index is -0.0546. The van der Waals surface area contributed by atoms with E-state index in [-0.39, 0.29) is 36.0 Å². The van der Waals surface area contributed by atoms with Crippen molar-refractivity contribution in [3.63, 3.8) is 0 Å². The predicted octanol–water partition coefficient (Wildman–Crippen LogP) is 3.82. The second-order valence-corrected chi connectivity index (χ2v) is 7.53. The van der Waals surface area contributed by atoms with E-state index in [9.17, 15) is 4.79 Å². The number of benzene rings is 1. The van der Waals surface area contributed by atoms with Crippen molar-refractivity contribution in [1.82, 2.24) is 20.5 Å². The summed E-state index contributed by atoms with van der Waals surface area (Å²) in [5, 5.41) is 9.16. The van der Waals surface area contributed by atoms with Gasteiger partial charge in [0.25, 0.3) is 5.91 Å². The summed E-state index contributed by atoms with van der Waals surface area (Å²) in [6.45, 7) is 8.54. The number of nitrogens with zero attached hydrogens (tertiary/aromatic N) is 3. The summed E-state index contributed by atoms with van der Waals surface area (Å²) in [5.41, 5.74) is 2.70. The lowest BCUT2D eigenvalue weighted by Crippen LogP contribution is -2.38. The van der Waals surface area contributed by atoms with E-state index in [4.69, 9.17) is 9.73 Å². The molecule has 1 unspecified atom stereocenters. The molecule has 30 heavy (non-hydrogen) atoms. The Labute approximate surface area is 200 Å². The number of rotatable bonds is 9. The van der Waals surface area contributed by atoms with Crippen LogP contribution in [-0.4, -0.2) is 49.0 Å². The van der Waals surface area contributed by atoms with E-state index in [1.165, 1.54) is 0 Å². The van der Waals surface area contributed by atoms with Crippen LogP contribution in [-0.2, 0) is 17.8 Å². The number of aromatic nitrogens is 1. The average Bonchev–Trinajstić information content (AvgIpc) is 3.19. The summed E-state index contributed by atoms with van der Waals surface area (Å²) in [6.07, 6.45) is 0.00309. The highest BCUT2D eigenvalue weighted by Gasteiger charge is 2.13. The minimum Gasteiger partial charge on any atom is -0.375 e. The zero-order valence-electron chi connectivity index (χ0n) is 18.3. The van der Waals surface area contributed by atoms with Crippen LogP contribution in [0, 0.1) is 0 Å². The molecule has 2 N–H and O–H groups in total. The maximum Gasteiger partial charge on any atom is 0.251 e. The molecule has 0 saturated heterocycles. The lowest BCUT2D eigenvalue weighted by molar-refractivity contribution is 0.0956. The first-order valence-corrected chi connectivity index (χ1v) is 10.7. The number of guanidine groups is 1. The van der Waals surface area contributed by atoms with Crippen LogP contribution < -0.4 is 10.6 Å². The molecule has 1 aromatic heterocycles. The van der Waals surface area contributed by atoms with E-state index < -0.39 is 0 Å². The number of carbonyl (C=O) groups excluding carboxylic acids is 1. The number of hydrogen-bond acceptors (Lipinski definition) is 5. The van der Waals surface area contributed by atoms with Crippen molar-refractivity contribution in [2.75, 3.05) is 27.2 Å². The number of hydrogen-bond donors (Lipinski definition) is 2. The van der Waals surface area contributed by atoms with Gasteiger partial charge in [-0.25, -0.2) is 9.98 Å². The van der Waals surface area contributed by atoms with Gasteiger partial charge in [0.15, 0.2) is 5.96 Å². The molecular formula is C21H32IN5O2S. The van der Waals surface area contributed by atoms with Crippen LogP contribution in [0.15, 0.2) is 34.6 Å². The summed E-state index contributed by atoms with van der Waals surface area (Å²) in [6, 6.07) is 7.55. The van der Waals surface area contributed by atoms with Gasteiger partial charge in [0.2, 0.25) is 0 Å². The average molecular weight is 545 g/mol. The first kappa shape index (κ1) is 26.3. The van der Waals surface area contributed by atoms with Crippen LogP contribution in [0.5, 0.6) is 0 Å². The Morgan fingerprint density at radius 3 is 2.50 bits per heavy atom. The highest BCUT2D eigenvalue weighted by molar-refractivity contribution is 14.0. The van der Waals surface area contributed by atoms with Gasteiger partial charge in [0.1, 0.15) is 11.1 Å². The van der Waals surface area contributed by atoms with Crippen molar-refractivity contribution in [3.05, 3.63) is 51.5 Å². The molecule has 0 spiro atoms. The Bertz CT molecular complexity index is 810. The fourth-order valence-corrected chi connectivity index (χ4v) is 3.50. The van der Waals surface area contributed by atoms with Crippen molar-refractivity contribution in [1.29, 1.82) is 0 Å². The molecule has 0 fully saturated rings. The summed E-state index contributed by atoms with van der Waals surface area (Å²) in [7, 11) is 3.69.